The number of halogens is 1. The number of hydrogen-bond acceptors (Lipinski definition) is 8. The number of pyridine rings is 1. The number of aryl methyl sites for hydroxylation is 1. The fourth-order valence-corrected chi connectivity index (χ4v) is 6.93. The first-order valence-corrected chi connectivity index (χ1v) is 15.3. The van der Waals surface area contributed by atoms with Crippen molar-refractivity contribution in [1.29, 1.82) is 0 Å². The second kappa shape index (κ2) is 11.2. The van der Waals surface area contributed by atoms with Gasteiger partial charge in [0, 0.05) is 30.9 Å². The SMILES string of the molecule is CN1CCC[C@H]1COc1nc2c3cnc(c(F)c3n1)-c1cccc3cccc(c13)CCCOC(=O)N[C@]1(C)CCCN2C1. The summed E-state index contributed by atoms with van der Waals surface area (Å²) >= 11 is 0. The van der Waals surface area contributed by atoms with Crippen molar-refractivity contribution in [2.45, 2.75) is 57.0 Å². The smallest absolute Gasteiger partial charge is 0.407 e. The first kappa shape index (κ1) is 27.8. The van der Waals surface area contributed by atoms with E-state index in [9.17, 15) is 4.79 Å². The number of piperidine rings is 1. The standard InChI is InChI=1S/C33H37FN6O3/c1-33-14-7-16-40(20-33)30-25-18-35-28(27(34)29(25)36-31(37-30)43-19-23-12-5-15-39(23)2)24-13-4-10-21-8-3-9-22(26(21)24)11-6-17-42-32(41)38-33/h3-4,8-10,13,18,23H,5-7,11-12,14-17,19-20H2,1-2H3,(H,38,41)/t23-,33+/m0/s1. The number of nitrogens with one attached hydrogen (secondary N) is 1. The number of nitrogens with zero attached hydrogens (tertiary/aromatic N) is 5. The number of carbonyl (C=O) groups excluding carboxylic acids is 1. The lowest BCUT2D eigenvalue weighted by Crippen LogP contribution is -2.57. The van der Waals surface area contributed by atoms with Gasteiger partial charge in [-0.1, -0.05) is 36.4 Å². The second-order valence-electron chi connectivity index (χ2n) is 12.4. The Morgan fingerprint density at radius 3 is 2.84 bits per heavy atom. The molecule has 6 heterocycles. The van der Waals surface area contributed by atoms with Crippen LogP contribution in [0.2, 0.25) is 0 Å². The van der Waals surface area contributed by atoms with Crippen LogP contribution >= 0.6 is 0 Å². The minimum Gasteiger partial charge on any atom is -0.462 e. The van der Waals surface area contributed by atoms with E-state index in [0.29, 0.717) is 49.3 Å². The van der Waals surface area contributed by atoms with Gasteiger partial charge in [-0.25, -0.2) is 9.18 Å². The van der Waals surface area contributed by atoms with E-state index in [1.165, 1.54) is 0 Å². The van der Waals surface area contributed by atoms with E-state index >= 15 is 4.39 Å². The summed E-state index contributed by atoms with van der Waals surface area (Å²) in [6, 6.07) is 12.3. The molecule has 1 N–H and O–H groups in total. The highest BCUT2D eigenvalue weighted by molar-refractivity contribution is 6.00. The molecule has 43 heavy (non-hydrogen) atoms. The third-order valence-corrected chi connectivity index (χ3v) is 9.19. The number of aromatic nitrogens is 3. The van der Waals surface area contributed by atoms with Gasteiger partial charge in [0.15, 0.2) is 5.82 Å². The molecule has 0 unspecified atom stereocenters. The molecule has 1 amide bonds. The van der Waals surface area contributed by atoms with Crippen LogP contribution < -0.4 is 15.0 Å². The number of amides is 1. The van der Waals surface area contributed by atoms with Gasteiger partial charge in [-0.15, -0.1) is 0 Å². The third-order valence-electron chi connectivity index (χ3n) is 9.19. The summed E-state index contributed by atoms with van der Waals surface area (Å²) in [5.41, 5.74) is 1.63. The number of likely N-dealkylation sites (tertiary alicyclic amines) is 1. The number of anilines is 1. The molecule has 8 rings (SSSR count). The fraction of sp³-hybridized carbons (Fsp3) is 0.455. The normalized spacial score (nSPS) is 23.0. The molecule has 2 aromatic heterocycles. The fourth-order valence-electron chi connectivity index (χ4n) is 6.93. The van der Waals surface area contributed by atoms with Gasteiger partial charge in [0.25, 0.3) is 0 Å². The predicted octanol–water partition coefficient (Wildman–Crippen LogP) is 5.49. The highest BCUT2D eigenvalue weighted by Crippen LogP contribution is 2.37. The zero-order valence-corrected chi connectivity index (χ0v) is 24.7. The van der Waals surface area contributed by atoms with Gasteiger partial charge in [0.05, 0.1) is 17.5 Å². The van der Waals surface area contributed by atoms with Gasteiger partial charge in [-0.05, 0) is 75.4 Å². The van der Waals surface area contributed by atoms with E-state index in [-0.39, 0.29) is 29.9 Å². The largest absolute Gasteiger partial charge is 0.462 e. The van der Waals surface area contributed by atoms with E-state index in [1.807, 2.05) is 43.3 Å². The van der Waals surface area contributed by atoms with Gasteiger partial charge in [0.2, 0.25) is 0 Å². The molecule has 2 fully saturated rings. The van der Waals surface area contributed by atoms with Gasteiger partial charge in [-0.2, -0.15) is 9.97 Å². The summed E-state index contributed by atoms with van der Waals surface area (Å²) in [7, 11) is 2.09. The zero-order valence-electron chi connectivity index (χ0n) is 24.7. The molecule has 10 heteroatoms. The molecular formula is C33H37FN6O3. The molecule has 4 aromatic rings. The quantitative estimate of drug-likeness (QED) is 0.338. The van der Waals surface area contributed by atoms with Crippen LogP contribution in [0.25, 0.3) is 32.9 Å². The Labute approximate surface area is 250 Å². The number of hydrogen-bond donors (Lipinski definition) is 1. The Balaban J connectivity index is 1.41. The molecule has 2 atom stereocenters. The number of ether oxygens (including phenoxy) is 2. The molecule has 0 saturated carbocycles. The second-order valence-corrected chi connectivity index (χ2v) is 12.4. The highest BCUT2D eigenvalue weighted by Gasteiger charge is 2.35. The van der Waals surface area contributed by atoms with Crippen LogP contribution in [0.4, 0.5) is 15.0 Å². The maximum Gasteiger partial charge on any atom is 0.407 e. The number of carbonyl (C=O) groups is 1. The van der Waals surface area contributed by atoms with E-state index in [2.05, 4.69) is 27.1 Å². The number of benzene rings is 2. The van der Waals surface area contributed by atoms with Crippen molar-refractivity contribution in [3.05, 3.63) is 54.0 Å². The number of fused-ring (bicyclic) bond motifs is 6. The highest BCUT2D eigenvalue weighted by atomic mass is 19.1. The number of likely N-dealkylation sites (N-methyl/N-ethyl adjacent to an activating group) is 1. The van der Waals surface area contributed by atoms with Crippen molar-refractivity contribution in [2.24, 2.45) is 0 Å². The topological polar surface area (TPSA) is 92.7 Å². The third kappa shape index (κ3) is 5.33. The van der Waals surface area contributed by atoms with Gasteiger partial charge in [0.1, 0.15) is 23.6 Å². The first-order valence-electron chi connectivity index (χ1n) is 15.3. The van der Waals surface area contributed by atoms with Crippen molar-refractivity contribution in [2.75, 3.05) is 44.8 Å². The molecule has 4 aliphatic rings. The van der Waals surface area contributed by atoms with E-state index in [1.54, 1.807) is 6.20 Å². The van der Waals surface area contributed by atoms with Crippen LogP contribution in [-0.4, -0.2) is 77.4 Å². The van der Waals surface area contributed by atoms with Crippen LogP contribution in [0.5, 0.6) is 6.01 Å². The van der Waals surface area contributed by atoms with Crippen molar-refractivity contribution in [1.82, 2.24) is 25.2 Å². The van der Waals surface area contributed by atoms with Crippen molar-refractivity contribution >= 4 is 33.6 Å². The van der Waals surface area contributed by atoms with E-state index in [0.717, 1.165) is 48.6 Å². The van der Waals surface area contributed by atoms with Crippen molar-refractivity contribution in [3.63, 3.8) is 0 Å². The maximum absolute atomic E-state index is 16.8. The van der Waals surface area contributed by atoms with Gasteiger partial charge < -0.3 is 24.6 Å². The molecule has 2 saturated heterocycles. The van der Waals surface area contributed by atoms with Crippen molar-refractivity contribution < 1.29 is 18.7 Å². The lowest BCUT2D eigenvalue weighted by molar-refractivity contribution is 0.130. The van der Waals surface area contributed by atoms with Crippen LogP contribution in [0.1, 0.15) is 44.6 Å². The van der Waals surface area contributed by atoms with Crippen LogP contribution in [0.3, 0.4) is 0 Å². The molecular weight excluding hydrogens is 547 g/mol. The molecule has 0 aliphatic carbocycles. The Morgan fingerprint density at radius 2 is 2.00 bits per heavy atom. The lowest BCUT2D eigenvalue weighted by Gasteiger charge is -2.41. The monoisotopic (exact) mass is 584 g/mol. The minimum absolute atomic E-state index is 0.148. The molecule has 6 bridgehead atoms. The number of alkyl carbamates (subject to hydrolysis) is 1. The summed E-state index contributed by atoms with van der Waals surface area (Å²) < 4.78 is 28.6. The Hall–Kier alpha value is -4.05. The zero-order chi connectivity index (χ0) is 29.6. The van der Waals surface area contributed by atoms with E-state index < -0.39 is 17.4 Å². The first-order chi connectivity index (χ1) is 20.9. The Bertz CT molecular complexity index is 1690. The maximum atomic E-state index is 16.8. The summed E-state index contributed by atoms with van der Waals surface area (Å²) in [6.45, 7) is 4.92. The predicted molar refractivity (Wildman–Crippen MR) is 164 cm³/mol. The minimum atomic E-state index is -0.554. The van der Waals surface area contributed by atoms with E-state index in [4.69, 9.17) is 19.4 Å². The Kier molecular flexibility index (Phi) is 7.25. The molecule has 0 spiro atoms. The molecule has 4 aliphatic heterocycles. The lowest BCUT2D eigenvalue weighted by atomic mass is 9.91. The van der Waals surface area contributed by atoms with Gasteiger partial charge >= 0.3 is 12.1 Å². The van der Waals surface area contributed by atoms with Crippen molar-refractivity contribution in [3.8, 4) is 17.3 Å². The summed E-state index contributed by atoms with van der Waals surface area (Å²) in [4.78, 5) is 31.4. The summed E-state index contributed by atoms with van der Waals surface area (Å²) in [5, 5.41) is 5.55. The van der Waals surface area contributed by atoms with Crippen LogP contribution in [0.15, 0.2) is 42.6 Å². The molecule has 2 aromatic carbocycles. The summed E-state index contributed by atoms with van der Waals surface area (Å²) in [5.74, 6) is 0.0637. The summed E-state index contributed by atoms with van der Waals surface area (Å²) in [6.07, 6.45) is 6.32. The van der Waals surface area contributed by atoms with Crippen LogP contribution in [-0.2, 0) is 11.2 Å². The van der Waals surface area contributed by atoms with Crippen LogP contribution in [0, 0.1) is 5.82 Å². The molecule has 224 valence electrons. The molecule has 0 radical (unpaired) electrons. The van der Waals surface area contributed by atoms with Gasteiger partial charge in [-0.3, -0.25) is 4.98 Å². The average Bonchev–Trinajstić information content (AvgIpc) is 3.41. The average molecular weight is 585 g/mol. The Morgan fingerprint density at radius 1 is 1.14 bits per heavy atom. The number of rotatable bonds is 3. The molecule has 9 nitrogen and oxygen atoms in total.